The van der Waals surface area contributed by atoms with Crippen LogP contribution >= 0.6 is 11.6 Å². The van der Waals surface area contributed by atoms with E-state index in [2.05, 4.69) is 15.5 Å². The molecule has 0 fully saturated rings. The number of nitro groups is 1. The number of hydrogen-bond acceptors (Lipinski definition) is 5. The lowest BCUT2D eigenvalue weighted by atomic mass is 10.1. The molecule has 0 atom stereocenters. The summed E-state index contributed by atoms with van der Waals surface area (Å²) < 4.78 is 0. The van der Waals surface area contributed by atoms with E-state index in [4.69, 9.17) is 11.6 Å². The molecule has 126 valence electrons. The van der Waals surface area contributed by atoms with Crippen LogP contribution in [0.15, 0.2) is 47.3 Å². The molecule has 0 saturated carbocycles. The molecule has 0 radical (unpaired) electrons. The number of halogens is 1. The highest BCUT2D eigenvalue weighted by atomic mass is 35.5. The van der Waals surface area contributed by atoms with Gasteiger partial charge in [0.15, 0.2) is 0 Å². The summed E-state index contributed by atoms with van der Waals surface area (Å²) in [5, 5.41) is 21.2. The van der Waals surface area contributed by atoms with Gasteiger partial charge in [-0.05, 0) is 18.2 Å². The van der Waals surface area contributed by atoms with Crippen molar-refractivity contribution in [2.75, 3.05) is 0 Å². The molecule has 0 aliphatic carbocycles. The molecule has 8 nitrogen and oxygen atoms in total. The molecule has 0 saturated heterocycles. The number of fused-ring (bicyclic) bond motifs is 1. The number of nitrogens with zero attached hydrogens (tertiary/aromatic N) is 2. The fourth-order valence-corrected chi connectivity index (χ4v) is 2.59. The monoisotopic (exact) mass is 358 g/mol. The van der Waals surface area contributed by atoms with Crippen molar-refractivity contribution in [1.29, 1.82) is 0 Å². The molecule has 0 unspecified atom stereocenters. The highest BCUT2D eigenvalue weighted by Gasteiger charge is 2.20. The summed E-state index contributed by atoms with van der Waals surface area (Å²) in [6.07, 6.45) is 0. The molecule has 3 aromatic rings. The lowest BCUT2D eigenvalue weighted by Gasteiger charge is -2.08. The average Bonchev–Trinajstić information content (AvgIpc) is 2.61. The standard InChI is InChI=1S/C16H11ClN4O4/c17-9-5-6-14(21(24)25)12(7-9)15(22)18-8-13-10-3-1-2-4-11(10)16(23)20-19-13/h1-7H,8H2,(H,18,22)(H,20,23). The second-order valence-corrected chi connectivity index (χ2v) is 5.58. The fourth-order valence-electron chi connectivity index (χ4n) is 2.41. The zero-order chi connectivity index (χ0) is 18.0. The van der Waals surface area contributed by atoms with Gasteiger partial charge in [-0.1, -0.05) is 29.8 Å². The van der Waals surface area contributed by atoms with Gasteiger partial charge in [-0.3, -0.25) is 19.7 Å². The van der Waals surface area contributed by atoms with Crippen molar-refractivity contribution in [2.45, 2.75) is 6.54 Å². The fraction of sp³-hybridized carbons (Fsp3) is 0.0625. The van der Waals surface area contributed by atoms with Crippen molar-refractivity contribution >= 4 is 34.0 Å². The number of hydrogen-bond donors (Lipinski definition) is 2. The van der Waals surface area contributed by atoms with Crippen molar-refractivity contribution in [3.63, 3.8) is 0 Å². The molecule has 0 spiro atoms. The van der Waals surface area contributed by atoms with Crippen molar-refractivity contribution in [1.82, 2.24) is 15.5 Å². The van der Waals surface area contributed by atoms with Crippen LogP contribution in [0.4, 0.5) is 5.69 Å². The number of aromatic nitrogens is 2. The lowest BCUT2D eigenvalue weighted by molar-refractivity contribution is -0.385. The summed E-state index contributed by atoms with van der Waals surface area (Å²) in [7, 11) is 0. The van der Waals surface area contributed by atoms with Gasteiger partial charge in [0.05, 0.1) is 22.5 Å². The van der Waals surface area contributed by atoms with Gasteiger partial charge >= 0.3 is 0 Å². The molecule has 1 aromatic heterocycles. The number of H-pyrrole nitrogens is 1. The first-order chi connectivity index (χ1) is 12.0. The van der Waals surface area contributed by atoms with E-state index >= 15 is 0 Å². The van der Waals surface area contributed by atoms with Gasteiger partial charge in [-0.25, -0.2) is 5.10 Å². The van der Waals surface area contributed by atoms with Crippen LogP contribution in [0.5, 0.6) is 0 Å². The molecule has 1 amide bonds. The molecule has 0 aliphatic rings. The van der Waals surface area contributed by atoms with Crippen LogP contribution in [0.2, 0.25) is 5.02 Å². The Labute approximate surface area is 145 Å². The summed E-state index contributed by atoms with van der Waals surface area (Å²) in [6.45, 7) is -0.0141. The number of carbonyl (C=O) groups excluding carboxylic acids is 1. The molecule has 25 heavy (non-hydrogen) atoms. The van der Waals surface area contributed by atoms with Crippen molar-refractivity contribution in [2.24, 2.45) is 0 Å². The Balaban J connectivity index is 1.89. The average molecular weight is 359 g/mol. The predicted octanol–water partition coefficient (Wildman–Crippen LogP) is 2.41. The number of carbonyl (C=O) groups is 1. The zero-order valence-corrected chi connectivity index (χ0v) is 13.4. The van der Waals surface area contributed by atoms with E-state index in [-0.39, 0.29) is 28.4 Å². The van der Waals surface area contributed by atoms with Crippen molar-refractivity contribution in [3.8, 4) is 0 Å². The first-order valence-electron chi connectivity index (χ1n) is 7.16. The highest BCUT2D eigenvalue weighted by Crippen LogP contribution is 2.22. The smallest absolute Gasteiger partial charge is 0.282 e. The summed E-state index contributed by atoms with van der Waals surface area (Å²) in [5.41, 5.74) is -0.392. The highest BCUT2D eigenvalue weighted by molar-refractivity contribution is 6.31. The summed E-state index contributed by atoms with van der Waals surface area (Å²) in [5.74, 6) is -0.661. The Bertz CT molecular complexity index is 1050. The predicted molar refractivity (Wildman–Crippen MR) is 91.6 cm³/mol. The normalized spacial score (nSPS) is 10.6. The number of amides is 1. The lowest BCUT2D eigenvalue weighted by Crippen LogP contribution is -2.25. The maximum atomic E-state index is 12.3. The molecule has 2 N–H and O–H groups in total. The van der Waals surface area contributed by atoms with Crippen molar-refractivity contribution in [3.05, 3.63) is 79.2 Å². The number of rotatable bonds is 4. The summed E-state index contributed by atoms with van der Waals surface area (Å²) in [6, 6.07) is 10.6. The number of aromatic amines is 1. The molecule has 0 bridgehead atoms. The Morgan fingerprint density at radius 1 is 1.24 bits per heavy atom. The third-order valence-electron chi connectivity index (χ3n) is 3.59. The largest absolute Gasteiger partial charge is 0.346 e. The van der Waals surface area contributed by atoms with Crippen LogP contribution in [-0.2, 0) is 6.54 Å². The van der Waals surface area contributed by atoms with Crippen molar-refractivity contribution < 1.29 is 9.72 Å². The van der Waals surface area contributed by atoms with Gasteiger partial charge in [0.25, 0.3) is 17.2 Å². The zero-order valence-electron chi connectivity index (χ0n) is 12.7. The first-order valence-corrected chi connectivity index (χ1v) is 7.53. The van der Waals surface area contributed by atoms with Gasteiger partial charge in [-0.2, -0.15) is 5.10 Å². The van der Waals surface area contributed by atoms with E-state index in [1.54, 1.807) is 24.3 Å². The number of nitro benzene ring substituents is 1. The molecular formula is C16H11ClN4O4. The van der Waals surface area contributed by atoms with Crippen LogP contribution in [0.25, 0.3) is 10.8 Å². The van der Waals surface area contributed by atoms with E-state index in [0.717, 1.165) is 0 Å². The Kier molecular flexibility index (Phi) is 4.44. The quantitative estimate of drug-likeness (QED) is 0.548. The SMILES string of the molecule is O=C(NCc1n[nH]c(=O)c2ccccc12)c1cc(Cl)ccc1[N+](=O)[O-]. The Morgan fingerprint density at radius 2 is 1.96 bits per heavy atom. The topological polar surface area (TPSA) is 118 Å². The third kappa shape index (κ3) is 3.33. The van der Waals surface area contributed by atoms with E-state index < -0.39 is 10.8 Å². The number of nitrogens with one attached hydrogen (secondary N) is 2. The molecule has 2 aromatic carbocycles. The van der Waals surface area contributed by atoms with Crippen LogP contribution < -0.4 is 10.9 Å². The van der Waals surface area contributed by atoms with E-state index in [0.29, 0.717) is 16.5 Å². The minimum absolute atomic E-state index is 0.0141. The second-order valence-electron chi connectivity index (χ2n) is 5.15. The Hall–Kier alpha value is -3.26. The molecule has 0 aliphatic heterocycles. The van der Waals surface area contributed by atoms with Gasteiger partial charge in [-0.15, -0.1) is 0 Å². The summed E-state index contributed by atoms with van der Waals surface area (Å²) in [4.78, 5) is 34.5. The van der Waals surface area contributed by atoms with Crippen LogP contribution in [0, 0.1) is 10.1 Å². The van der Waals surface area contributed by atoms with E-state index in [1.165, 1.54) is 18.2 Å². The minimum atomic E-state index is -0.661. The van der Waals surface area contributed by atoms with Gasteiger partial charge < -0.3 is 5.32 Å². The minimum Gasteiger partial charge on any atom is -0.346 e. The molecule has 1 heterocycles. The van der Waals surface area contributed by atoms with Crippen LogP contribution in [0.1, 0.15) is 16.1 Å². The second kappa shape index (κ2) is 6.70. The third-order valence-corrected chi connectivity index (χ3v) is 3.83. The van der Waals surface area contributed by atoms with Gasteiger partial charge in [0.2, 0.25) is 0 Å². The molecule has 3 rings (SSSR count). The molecule has 9 heteroatoms. The van der Waals surface area contributed by atoms with Crippen LogP contribution in [0.3, 0.4) is 0 Å². The Morgan fingerprint density at radius 3 is 2.68 bits per heavy atom. The maximum absolute atomic E-state index is 12.3. The first kappa shape index (κ1) is 16.6. The number of benzene rings is 2. The van der Waals surface area contributed by atoms with Gasteiger partial charge in [0.1, 0.15) is 5.56 Å². The molecular weight excluding hydrogens is 348 g/mol. The van der Waals surface area contributed by atoms with E-state index in [9.17, 15) is 19.7 Å². The van der Waals surface area contributed by atoms with E-state index in [1.807, 2.05) is 0 Å². The van der Waals surface area contributed by atoms with Gasteiger partial charge in [0, 0.05) is 16.5 Å². The maximum Gasteiger partial charge on any atom is 0.282 e. The summed E-state index contributed by atoms with van der Waals surface area (Å²) >= 11 is 5.82. The van der Waals surface area contributed by atoms with Crippen LogP contribution in [-0.4, -0.2) is 21.0 Å².